The number of carbonyl (C=O) groups is 1. The number of aromatic hydroxyl groups is 1. The van der Waals surface area contributed by atoms with Gasteiger partial charge in [-0.3, -0.25) is 9.59 Å². The molecule has 0 aliphatic carbocycles. The Morgan fingerprint density at radius 3 is 2.81 bits per heavy atom. The van der Waals surface area contributed by atoms with Crippen LogP contribution in [0, 0.1) is 0 Å². The maximum Gasteiger partial charge on any atom is 0.280 e. The third-order valence-corrected chi connectivity index (χ3v) is 2.48. The third-order valence-electron chi connectivity index (χ3n) is 2.48. The van der Waals surface area contributed by atoms with Gasteiger partial charge >= 0.3 is 0 Å². The van der Waals surface area contributed by atoms with Crippen molar-refractivity contribution in [2.75, 3.05) is 7.11 Å². The number of hydrogen-bond acceptors (Lipinski definition) is 6. The molecule has 2 aromatic rings. The van der Waals surface area contributed by atoms with E-state index in [1.807, 2.05) is 0 Å². The number of rotatable bonds is 4. The first-order valence-corrected chi connectivity index (χ1v) is 5.88. The minimum atomic E-state index is -0.724. The molecule has 2 rings (SSSR count). The number of amides is 1. The molecule has 2 N–H and O–H groups in total. The topological polar surface area (TPSA) is 106 Å². The fourth-order valence-corrected chi connectivity index (χ4v) is 1.57. The van der Waals surface area contributed by atoms with Crippen molar-refractivity contribution >= 4 is 12.2 Å². The maximum absolute atomic E-state index is 11.8. The molecule has 0 saturated heterocycles. The first kappa shape index (κ1) is 14.3. The summed E-state index contributed by atoms with van der Waals surface area (Å²) in [5.74, 6) is -1.24. The standard InChI is InChI=1S/C13H12N4O4/c1-21-15-8-14-13(20)12-10(18)7-11(19)17(16-12)9-5-3-2-4-6-9/h2-8,18H,1H3,(H,14,15,20). The average molecular weight is 288 g/mol. The molecule has 0 radical (unpaired) electrons. The number of aromatic nitrogens is 2. The minimum absolute atomic E-state index is 0.305. The summed E-state index contributed by atoms with van der Waals surface area (Å²) in [4.78, 5) is 28.1. The lowest BCUT2D eigenvalue weighted by Crippen LogP contribution is -2.28. The molecule has 0 atom stereocenters. The zero-order valence-electron chi connectivity index (χ0n) is 11.1. The highest BCUT2D eigenvalue weighted by Gasteiger charge is 2.16. The second-order valence-electron chi connectivity index (χ2n) is 3.85. The molecule has 1 amide bonds. The zero-order chi connectivity index (χ0) is 15.2. The lowest BCUT2D eigenvalue weighted by molar-refractivity contribution is 0.0966. The molecule has 0 aliphatic rings. The summed E-state index contributed by atoms with van der Waals surface area (Å²) in [6, 6.07) is 9.45. The van der Waals surface area contributed by atoms with Gasteiger partial charge in [-0.05, 0) is 12.1 Å². The van der Waals surface area contributed by atoms with E-state index in [1.54, 1.807) is 30.3 Å². The quantitative estimate of drug-likeness (QED) is 0.477. The van der Waals surface area contributed by atoms with E-state index in [2.05, 4.69) is 20.4 Å². The van der Waals surface area contributed by atoms with Crippen molar-refractivity contribution < 1.29 is 14.7 Å². The van der Waals surface area contributed by atoms with E-state index in [-0.39, 0.29) is 5.69 Å². The monoisotopic (exact) mass is 288 g/mol. The molecule has 8 heteroatoms. The van der Waals surface area contributed by atoms with Crippen LogP contribution >= 0.6 is 0 Å². The summed E-state index contributed by atoms with van der Waals surface area (Å²) < 4.78 is 1.02. The largest absolute Gasteiger partial charge is 0.505 e. The van der Waals surface area contributed by atoms with Crippen molar-refractivity contribution in [1.29, 1.82) is 0 Å². The van der Waals surface area contributed by atoms with Crippen molar-refractivity contribution in [2.24, 2.45) is 5.16 Å². The summed E-state index contributed by atoms with van der Waals surface area (Å²) in [5, 5.41) is 19.1. The van der Waals surface area contributed by atoms with Gasteiger partial charge < -0.3 is 15.3 Å². The SMILES string of the molecule is CO/N=C/NC(=O)c1nn(-c2ccccc2)c(=O)cc1O. The van der Waals surface area contributed by atoms with Crippen molar-refractivity contribution in [1.82, 2.24) is 15.1 Å². The van der Waals surface area contributed by atoms with Crippen molar-refractivity contribution in [2.45, 2.75) is 0 Å². The fourth-order valence-electron chi connectivity index (χ4n) is 1.57. The normalized spacial score (nSPS) is 10.5. The maximum atomic E-state index is 11.8. The molecule has 8 nitrogen and oxygen atoms in total. The molecular formula is C13H12N4O4. The van der Waals surface area contributed by atoms with Crippen molar-refractivity contribution in [3.63, 3.8) is 0 Å². The van der Waals surface area contributed by atoms with E-state index < -0.39 is 17.2 Å². The first-order valence-electron chi connectivity index (χ1n) is 5.88. The molecule has 21 heavy (non-hydrogen) atoms. The van der Waals surface area contributed by atoms with Crippen LogP contribution in [0.25, 0.3) is 5.69 Å². The van der Waals surface area contributed by atoms with Gasteiger partial charge in [0.25, 0.3) is 11.5 Å². The van der Waals surface area contributed by atoms with Crippen LogP contribution in [0.4, 0.5) is 0 Å². The Hall–Kier alpha value is -3.16. The number of nitrogens with one attached hydrogen (secondary N) is 1. The van der Waals surface area contributed by atoms with E-state index in [9.17, 15) is 14.7 Å². The van der Waals surface area contributed by atoms with Gasteiger partial charge in [-0.25, -0.2) is 0 Å². The second kappa shape index (κ2) is 6.33. The van der Waals surface area contributed by atoms with Crippen molar-refractivity contribution in [3.05, 3.63) is 52.4 Å². The number of carbonyl (C=O) groups excluding carboxylic acids is 1. The highest BCUT2D eigenvalue weighted by Crippen LogP contribution is 2.12. The lowest BCUT2D eigenvalue weighted by atomic mass is 10.3. The lowest BCUT2D eigenvalue weighted by Gasteiger charge is -2.07. The smallest absolute Gasteiger partial charge is 0.280 e. The van der Waals surface area contributed by atoms with Crippen LogP contribution in [0.5, 0.6) is 5.75 Å². The number of nitrogens with zero attached hydrogens (tertiary/aromatic N) is 3. The van der Waals surface area contributed by atoms with E-state index in [0.717, 1.165) is 17.1 Å². The third kappa shape index (κ3) is 3.24. The van der Waals surface area contributed by atoms with Gasteiger partial charge in [0.1, 0.15) is 13.4 Å². The predicted molar refractivity (Wildman–Crippen MR) is 74.5 cm³/mol. The highest BCUT2D eigenvalue weighted by molar-refractivity contribution is 6.00. The Bertz CT molecular complexity index is 725. The zero-order valence-corrected chi connectivity index (χ0v) is 11.1. The molecule has 1 aromatic heterocycles. The Balaban J connectivity index is 2.42. The number of oxime groups is 1. The van der Waals surface area contributed by atoms with E-state index in [0.29, 0.717) is 5.69 Å². The van der Waals surface area contributed by atoms with Gasteiger partial charge in [-0.1, -0.05) is 23.4 Å². The molecule has 1 aromatic carbocycles. The Morgan fingerprint density at radius 1 is 1.43 bits per heavy atom. The van der Waals surface area contributed by atoms with Gasteiger partial charge in [0.05, 0.1) is 5.69 Å². The molecule has 1 heterocycles. The van der Waals surface area contributed by atoms with Gasteiger partial charge in [0.15, 0.2) is 11.4 Å². The number of para-hydroxylation sites is 1. The molecule has 108 valence electrons. The molecule has 0 unspecified atom stereocenters. The highest BCUT2D eigenvalue weighted by atomic mass is 16.6. The average Bonchev–Trinajstić information content (AvgIpc) is 2.48. The second-order valence-corrected chi connectivity index (χ2v) is 3.85. The van der Waals surface area contributed by atoms with Gasteiger partial charge in [0.2, 0.25) is 0 Å². The predicted octanol–water partition coefficient (Wildman–Crippen LogP) is 0.258. The van der Waals surface area contributed by atoms with E-state index in [1.165, 1.54) is 7.11 Å². The van der Waals surface area contributed by atoms with Crippen LogP contribution in [0.15, 0.2) is 46.3 Å². The van der Waals surface area contributed by atoms with Crippen LogP contribution in [0.2, 0.25) is 0 Å². The summed E-state index contributed by atoms with van der Waals surface area (Å²) in [5.41, 5.74) is -0.385. The summed E-state index contributed by atoms with van der Waals surface area (Å²) in [6.07, 6.45) is 1.00. The Kier molecular flexibility index (Phi) is 4.30. The fraction of sp³-hybridized carbons (Fsp3) is 0.0769. The molecule has 0 spiro atoms. The van der Waals surface area contributed by atoms with Crippen LogP contribution in [0.3, 0.4) is 0 Å². The number of hydrogen-bond donors (Lipinski definition) is 2. The molecule has 0 bridgehead atoms. The van der Waals surface area contributed by atoms with Crippen molar-refractivity contribution in [3.8, 4) is 11.4 Å². The minimum Gasteiger partial charge on any atom is -0.505 e. The molecule has 0 saturated carbocycles. The van der Waals surface area contributed by atoms with E-state index in [4.69, 9.17) is 0 Å². The molecular weight excluding hydrogens is 276 g/mol. The summed E-state index contributed by atoms with van der Waals surface area (Å²) >= 11 is 0. The van der Waals surface area contributed by atoms with Crippen LogP contribution in [-0.2, 0) is 4.84 Å². The first-order chi connectivity index (χ1) is 10.1. The van der Waals surface area contributed by atoms with Crippen LogP contribution in [0.1, 0.15) is 10.5 Å². The van der Waals surface area contributed by atoms with E-state index >= 15 is 0 Å². The van der Waals surface area contributed by atoms with Gasteiger partial charge in [-0.15, -0.1) is 0 Å². The molecule has 0 fully saturated rings. The summed E-state index contributed by atoms with van der Waals surface area (Å²) in [6.45, 7) is 0. The molecule has 0 aliphatic heterocycles. The summed E-state index contributed by atoms with van der Waals surface area (Å²) in [7, 11) is 1.31. The number of benzene rings is 1. The Morgan fingerprint density at radius 2 is 2.14 bits per heavy atom. The van der Waals surface area contributed by atoms with Gasteiger partial charge in [-0.2, -0.15) is 9.78 Å². The van der Waals surface area contributed by atoms with Gasteiger partial charge in [0, 0.05) is 6.07 Å². The van der Waals surface area contributed by atoms with Crippen LogP contribution in [-0.4, -0.2) is 34.2 Å². The Labute approximate surface area is 119 Å². The van der Waals surface area contributed by atoms with Crippen LogP contribution < -0.4 is 10.9 Å².